The standard InChI is InChI=1S/C24H36N4S3/c1-14(2)20-25-13-18(29-20)15(3)11-24(8,9)22-26-21(31-28-22)16(4)12-23(6,7)19-10-17(5)30-27-19/h10,13-16H,11-12H2,1-9H3. The highest BCUT2D eigenvalue weighted by Gasteiger charge is 2.32. The topological polar surface area (TPSA) is 51.6 Å². The Morgan fingerprint density at radius 2 is 1.55 bits per heavy atom. The van der Waals surface area contributed by atoms with E-state index < -0.39 is 0 Å². The van der Waals surface area contributed by atoms with Crippen LogP contribution in [0.5, 0.6) is 0 Å². The molecule has 170 valence electrons. The minimum absolute atomic E-state index is 0.0281. The van der Waals surface area contributed by atoms with Crippen LogP contribution < -0.4 is 0 Å². The van der Waals surface area contributed by atoms with Crippen LogP contribution in [0.4, 0.5) is 0 Å². The van der Waals surface area contributed by atoms with Gasteiger partial charge in [0, 0.05) is 38.6 Å². The normalized spacial score (nSPS) is 14.9. The van der Waals surface area contributed by atoms with E-state index in [0.717, 1.165) is 23.7 Å². The van der Waals surface area contributed by atoms with E-state index in [0.29, 0.717) is 17.8 Å². The molecule has 0 saturated carbocycles. The van der Waals surface area contributed by atoms with Crippen LogP contribution in [0, 0.1) is 6.92 Å². The number of aromatic nitrogens is 4. The van der Waals surface area contributed by atoms with Gasteiger partial charge in [-0.2, -0.15) is 8.75 Å². The van der Waals surface area contributed by atoms with Gasteiger partial charge >= 0.3 is 0 Å². The molecule has 0 aliphatic carbocycles. The third kappa shape index (κ3) is 5.79. The lowest BCUT2D eigenvalue weighted by molar-refractivity contribution is 0.413. The van der Waals surface area contributed by atoms with Crippen LogP contribution in [-0.4, -0.2) is 18.7 Å². The molecule has 3 aromatic heterocycles. The number of nitrogens with zero attached hydrogens (tertiary/aromatic N) is 4. The van der Waals surface area contributed by atoms with Crippen LogP contribution in [0.1, 0.15) is 117 Å². The Balaban J connectivity index is 1.69. The average molecular weight is 477 g/mol. The Morgan fingerprint density at radius 3 is 2.13 bits per heavy atom. The summed E-state index contributed by atoms with van der Waals surface area (Å²) in [6.45, 7) is 20.2. The van der Waals surface area contributed by atoms with Crippen molar-refractivity contribution in [2.45, 2.75) is 104 Å². The maximum Gasteiger partial charge on any atom is 0.148 e. The second-order valence-corrected chi connectivity index (χ2v) is 13.4. The summed E-state index contributed by atoms with van der Waals surface area (Å²) in [5.41, 5.74) is 1.14. The molecule has 0 aliphatic heterocycles. The molecule has 3 aromatic rings. The lowest BCUT2D eigenvalue weighted by Gasteiger charge is -2.26. The lowest BCUT2D eigenvalue weighted by Crippen LogP contribution is -2.22. The van der Waals surface area contributed by atoms with E-state index in [1.807, 2.05) is 11.3 Å². The lowest BCUT2D eigenvalue weighted by atomic mass is 9.80. The summed E-state index contributed by atoms with van der Waals surface area (Å²) < 4.78 is 9.46. The van der Waals surface area contributed by atoms with Gasteiger partial charge in [-0.3, -0.25) is 0 Å². The van der Waals surface area contributed by atoms with Gasteiger partial charge < -0.3 is 0 Å². The minimum Gasteiger partial charge on any atom is -0.249 e. The Morgan fingerprint density at radius 1 is 0.871 bits per heavy atom. The third-order valence-electron chi connectivity index (χ3n) is 5.94. The predicted molar refractivity (Wildman–Crippen MR) is 135 cm³/mol. The van der Waals surface area contributed by atoms with Crippen LogP contribution in [0.2, 0.25) is 0 Å². The zero-order valence-corrected chi connectivity index (χ0v) is 22.8. The first-order valence-electron chi connectivity index (χ1n) is 11.1. The molecule has 7 heteroatoms. The van der Waals surface area contributed by atoms with Gasteiger partial charge in [-0.15, -0.1) is 11.3 Å². The molecule has 0 radical (unpaired) electrons. The van der Waals surface area contributed by atoms with Gasteiger partial charge in [0.15, 0.2) is 0 Å². The molecular weight excluding hydrogens is 440 g/mol. The Labute approximate surface area is 199 Å². The maximum absolute atomic E-state index is 5.02. The van der Waals surface area contributed by atoms with Gasteiger partial charge in [0.25, 0.3) is 0 Å². The number of thiazole rings is 1. The van der Waals surface area contributed by atoms with Crippen LogP contribution in [0.15, 0.2) is 12.3 Å². The van der Waals surface area contributed by atoms with Crippen molar-refractivity contribution in [2.24, 2.45) is 0 Å². The second kappa shape index (κ2) is 9.36. The molecule has 2 atom stereocenters. The van der Waals surface area contributed by atoms with Gasteiger partial charge in [-0.25, -0.2) is 9.97 Å². The molecule has 4 nitrogen and oxygen atoms in total. The Kier molecular flexibility index (Phi) is 7.38. The quantitative estimate of drug-likeness (QED) is 0.316. The summed E-state index contributed by atoms with van der Waals surface area (Å²) in [5.74, 6) is 2.26. The summed E-state index contributed by atoms with van der Waals surface area (Å²) in [7, 11) is 0. The number of hydrogen-bond acceptors (Lipinski definition) is 7. The molecule has 0 amide bonds. The van der Waals surface area contributed by atoms with E-state index in [1.165, 1.54) is 20.5 Å². The summed E-state index contributed by atoms with van der Waals surface area (Å²) in [4.78, 5) is 12.3. The van der Waals surface area contributed by atoms with E-state index in [1.54, 1.807) is 23.1 Å². The highest BCUT2D eigenvalue weighted by atomic mass is 32.1. The molecule has 3 heterocycles. The molecule has 0 saturated heterocycles. The minimum atomic E-state index is -0.0720. The average Bonchev–Trinajstić information content (AvgIpc) is 3.41. The van der Waals surface area contributed by atoms with Gasteiger partial charge in [0.2, 0.25) is 0 Å². The van der Waals surface area contributed by atoms with Crippen molar-refractivity contribution in [3.8, 4) is 0 Å². The SMILES string of the molecule is Cc1cc(C(C)(C)CC(C)c2nc(C(C)(C)CC(C)c3cnc(C(C)C)s3)ns2)ns1. The van der Waals surface area contributed by atoms with E-state index in [4.69, 9.17) is 9.36 Å². The highest BCUT2D eigenvalue weighted by Crippen LogP contribution is 2.39. The number of aryl methyl sites for hydroxylation is 1. The maximum atomic E-state index is 5.02. The zero-order valence-electron chi connectivity index (χ0n) is 20.3. The fourth-order valence-electron chi connectivity index (χ4n) is 4.11. The van der Waals surface area contributed by atoms with E-state index in [-0.39, 0.29) is 10.8 Å². The zero-order chi connectivity index (χ0) is 23.0. The summed E-state index contributed by atoms with van der Waals surface area (Å²) >= 11 is 5.00. The van der Waals surface area contributed by atoms with E-state index in [2.05, 4.69) is 83.9 Å². The van der Waals surface area contributed by atoms with Crippen molar-refractivity contribution in [1.29, 1.82) is 0 Å². The molecule has 0 bridgehead atoms. The van der Waals surface area contributed by atoms with Gasteiger partial charge in [-0.05, 0) is 54.8 Å². The van der Waals surface area contributed by atoms with Crippen molar-refractivity contribution >= 4 is 34.4 Å². The monoisotopic (exact) mass is 476 g/mol. The molecule has 0 N–H and O–H groups in total. The summed E-state index contributed by atoms with van der Waals surface area (Å²) in [6.07, 6.45) is 4.09. The summed E-state index contributed by atoms with van der Waals surface area (Å²) in [5, 5.41) is 2.36. The van der Waals surface area contributed by atoms with Crippen LogP contribution in [-0.2, 0) is 10.8 Å². The number of hydrogen-bond donors (Lipinski definition) is 0. The Bertz CT molecular complexity index is 996. The van der Waals surface area contributed by atoms with Crippen molar-refractivity contribution < 1.29 is 0 Å². The molecule has 0 fully saturated rings. The van der Waals surface area contributed by atoms with Crippen LogP contribution in [0.25, 0.3) is 0 Å². The van der Waals surface area contributed by atoms with Gasteiger partial charge in [0.05, 0.1) is 10.7 Å². The Hall–Kier alpha value is -1.18. The number of rotatable bonds is 9. The smallest absolute Gasteiger partial charge is 0.148 e. The molecule has 2 unspecified atom stereocenters. The van der Waals surface area contributed by atoms with E-state index in [9.17, 15) is 0 Å². The first-order valence-corrected chi connectivity index (χ1v) is 13.5. The van der Waals surface area contributed by atoms with E-state index >= 15 is 0 Å². The van der Waals surface area contributed by atoms with Crippen molar-refractivity contribution in [3.63, 3.8) is 0 Å². The third-order valence-corrected chi connectivity index (χ3v) is 9.11. The van der Waals surface area contributed by atoms with Crippen LogP contribution in [0.3, 0.4) is 0 Å². The first-order chi connectivity index (χ1) is 14.4. The van der Waals surface area contributed by atoms with Gasteiger partial charge in [-0.1, -0.05) is 55.4 Å². The predicted octanol–water partition coefficient (Wildman–Crippen LogP) is 7.83. The van der Waals surface area contributed by atoms with Crippen molar-refractivity contribution in [2.75, 3.05) is 0 Å². The molecule has 0 aromatic carbocycles. The molecule has 0 spiro atoms. The largest absolute Gasteiger partial charge is 0.249 e. The van der Waals surface area contributed by atoms with Crippen LogP contribution >= 0.6 is 34.4 Å². The first kappa shape index (κ1) is 24.5. The fraction of sp³-hybridized carbons (Fsp3) is 0.667. The summed E-state index contributed by atoms with van der Waals surface area (Å²) in [6, 6.07) is 2.22. The fourth-order valence-corrected chi connectivity index (χ4v) is 6.64. The molecular formula is C24H36N4S3. The van der Waals surface area contributed by atoms with Crippen molar-refractivity contribution in [1.82, 2.24) is 18.7 Å². The molecule has 3 rings (SSSR count). The second-order valence-electron chi connectivity index (χ2n) is 10.5. The molecule has 31 heavy (non-hydrogen) atoms. The van der Waals surface area contributed by atoms with Crippen molar-refractivity contribution in [3.05, 3.63) is 43.6 Å². The molecule has 0 aliphatic rings. The van der Waals surface area contributed by atoms with Gasteiger partial charge in [0.1, 0.15) is 10.8 Å². The highest BCUT2D eigenvalue weighted by molar-refractivity contribution is 7.11.